The first-order valence-corrected chi connectivity index (χ1v) is 5.80. The lowest BCUT2D eigenvalue weighted by atomic mass is 10.1. The normalized spacial score (nSPS) is 26.9. The Morgan fingerprint density at radius 1 is 1.31 bits per heavy atom. The highest BCUT2D eigenvalue weighted by Crippen LogP contribution is 2.13. The summed E-state index contributed by atoms with van der Waals surface area (Å²) in [6, 6.07) is 10.4. The van der Waals surface area contributed by atoms with Gasteiger partial charge in [-0.2, -0.15) is 0 Å². The van der Waals surface area contributed by atoms with E-state index in [-0.39, 0.29) is 18.8 Å². The highest BCUT2D eigenvalue weighted by Gasteiger charge is 2.24. The lowest BCUT2D eigenvalue weighted by Crippen LogP contribution is -2.47. The maximum absolute atomic E-state index is 9.14. The quantitative estimate of drug-likeness (QED) is 0.834. The summed E-state index contributed by atoms with van der Waals surface area (Å²) in [5.74, 6) is 0. The van der Waals surface area contributed by atoms with Crippen LogP contribution in [0.1, 0.15) is 12.5 Å². The minimum atomic E-state index is -0.0348. The Labute approximate surface area is 96.6 Å². The van der Waals surface area contributed by atoms with Crippen LogP contribution < -0.4 is 0 Å². The van der Waals surface area contributed by atoms with E-state index in [2.05, 4.69) is 36.1 Å². The van der Waals surface area contributed by atoms with E-state index in [0.29, 0.717) is 0 Å². The summed E-state index contributed by atoms with van der Waals surface area (Å²) in [5, 5.41) is 9.14. The van der Waals surface area contributed by atoms with E-state index in [0.717, 1.165) is 19.6 Å². The predicted molar refractivity (Wildman–Crippen MR) is 63.1 cm³/mol. The van der Waals surface area contributed by atoms with Crippen molar-refractivity contribution in [1.29, 1.82) is 0 Å². The topological polar surface area (TPSA) is 32.7 Å². The summed E-state index contributed by atoms with van der Waals surface area (Å²) in [7, 11) is 0. The molecule has 0 amide bonds. The van der Waals surface area contributed by atoms with Crippen LogP contribution in [-0.4, -0.2) is 41.9 Å². The smallest absolute Gasteiger partial charge is 0.0936 e. The van der Waals surface area contributed by atoms with Gasteiger partial charge in [0.05, 0.1) is 18.8 Å². The van der Waals surface area contributed by atoms with Gasteiger partial charge in [0.25, 0.3) is 0 Å². The fraction of sp³-hybridized carbons (Fsp3) is 0.538. The van der Waals surface area contributed by atoms with Gasteiger partial charge < -0.3 is 9.84 Å². The largest absolute Gasteiger partial charge is 0.394 e. The number of rotatable bonds is 3. The number of hydrogen-bond acceptors (Lipinski definition) is 3. The Morgan fingerprint density at radius 2 is 2.06 bits per heavy atom. The molecule has 88 valence electrons. The number of hydrogen-bond donors (Lipinski definition) is 1. The average Bonchev–Trinajstić information content (AvgIpc) is 2.29. The molecular formula is C13H19NO2. The Bertz CT molecular complexity index is 315. The van der Waals surface area contributed by atoms with Crippen molar-refractivity contribution in [3.63, 3.8) is 0 Å². The molecule has 1 aromatic carbocycles. The second-order valence-electron chi connectivity index (χ2n) is 4.43. The van der Waals surface area contributed by atoms with Crippen LogP contribution in [0.2, 0.25) is 0 Å². The van der Waals surface area contributed by atoms with Crippen LogP contribution in [0.5, 0.6) is 0 Å². The Morgan fingerprint density at radius 3 is 2.75 bits per heavy atom. The molecule has 0 bridgehead atoms. The predicted octanol–water partition coefficient (Wildman–Crippen LogP) is 1.27. The zero-order valence-corrected chi connectivity index (χ0v) is 9.67. The van der Waals surface area contributed by atoms with E-state index in [9.17, 15) is 0 Å². The second kappa shape index (κ2) is 5.43. The molecule has 0 aromatic heterocycles. The standard InChI is InChI=1S/C13H19NO2/c1-11-7-14(9-13(10-15)16-11)8-12-5-3-2-4-6-12/h2-6,11,13,15H,7-10H2,1H3. The van der Waals surface area contributed by atoms with Gasteiger partial charge >= 0.3 is 0 Å². The van der Waals surface area contributed by atoms with Crippen molar-refractivity contribution in [2.75, 3.05) is 19.7 Å². The number of ether oxygens (including phenoxy) is 1. The molecule has 2 atom stereocenters. The number of benzene rings is 1. The monoisotopic (exact) mass is 221 g/mol. The molecule has 1 aliphatic rings. The van der Waals surface area contributed by atoms with Gasteiger partial charge in [-0.1, -0.05) is 30.3 Å². The summed E-state index contributed by atoms with van der Waals surface area (Å²) < 4.78 is 5.61. The lowest BCUT2D eigenvalue weighted by Gasteiger charge is -2.36. The van der Waals surface area contributed by atoms with Crippen LogP contribution in [0.25, 0.3) is 0 Å². The molecule has 1 fully saturated rings. The van der Waals surface area contributed by atoms with Gasteiger partial charge in [0.1, 0.15) is 0 Å². The molecule has 16 heavy (non-hydrogen) atoms. The molecule has 0 spiro atoms. The Balaban J connectivity index is 1.94. The van der Waals surface area contributed by atoms with E-state index >= 15 is 0 Å². The first-order chi connectivity index (χ1) is 7.78. The molecule has 3 heteroatoms. The molecular weight excluding hydrogens is 202 g/mol. The number of aliphatic hydroxyl groups excluding tert-OH is 1. The summed E-state index contributed by atoms with van der Waals surface area (Å²) in [4.78, 5) is 2.34. The van der Waals surface area contributed by atoms with Gasteiger partial charge in [0.15, 0.2) is 0 Å². The van der Waals surface area contributed by atoms with Gasteiger partial charge in [0, 0.05) is 19.6 Å². The van der Waals surface area contributed by atoms with E-state index < -0.39 is 0 Å². The van der Waals surface area contributed by atoms with Gasteiger partial charge in [-0.15, -0.1) is 0 Å². The summed E-state index contributed by atoms with van der Waals surface area (Å²) in [6.45, 7) is 4.85. The van der Waals surface area contributed by atoms with Gasteiger partial charge in [-0.3, -0.25) is 4.90 Å². The molecule has 2 unspecified atom stereocenters. The Hall–Kier alpha value is -0.900. The van der Waals surface area contributed by atoms with Crippen molar-refractivity contribution in [2.45, 2.75) is 25.7 Å². The first kappa shape index (κ1) is 11.6. The molecule has 0 radical (unpaired) electrons. The maximum atomic E-state index is 9.14. The maximum Gasteiger partial charge on any atom is 0.0936 e. The fourth-order valence-electron chi connectivity index (χ4n) is 2.21. The third-order valence-corrected chi connectivity index (χ3v) is 2.85. The first-order valence-electron chi connectivity index (χ1n) is 5.80. The van der Waals surface area contributed by atoms with Crippen LogP contribution in [-0.2, 0) is 11.3 Å². The molecule has 2 rings (SSSR count). The minimum Gasteiger partial charge on any atom is -0.394 e. The van der Waals surface area contributed by atoms with Gasteiger partial charge in [0.2, 0.25) is 0 Å². The highest BCUT2D eigenvalue weighted by molar-refractivity contribution is 5.14. The molecule has 1 heterocycles. The minimum absolute atomic E-state index is 0.0348. The van der Waals surface area contributed by atoms with Crippen molar-refractivity contribution < 1.29 is 9.84 Å². The second-order valence-corrected chi connectivity index (χ2v) is 4.43. The molecule has 1 aromatic rings. The molecule has 0 aliphatic carbocycles. The molecule has 1 N–H and O–H groups in total. The fourth-order valence-corrected chi connectivity index (χ4v) is 2.21. The van der Waals surface area contributed by atoms with Crippen LogP contribution in [0.15, 0.2) is 30.3 Å². The van der Waals surface area contributed by atoms with Crippen LogP contribution in [0.3, 0.4) is 0 Å². The van der Waals surface area contributed by atoms with Crippen LogP contribution >= 0.6 is 0 Å². The van der Waals surface area contributed by atoms with Gasteiger partial charge in [-0.25, -0.2) is 0 Å². The zero-order chi connectivity index (χ0) is 11.4. The van der Waals surface area contributed by atoms with E-state index in [1.54, 1.807) is 0 Å². The van der Waals surface area contributed by atoms with Crippen molar-refractivity contribution in [2.24, 2.45) is 0 Å². The number of morpholine rings is 1. The average molecular weight is 221 g/mol. The van der Waals surface area contributed by atoms with Crippen molar-refractivity contribution in [3.8, 4) is 0 Å². The zero-order valence-electron chi connectivity index (χ0n) is 9.67. The number of aliphatic hydroxyl groups is 1. The molecule has 3 nitrogen and oxygen atoms in total. The lowest BCUT2D eigenvalue weighted by molar-refractivity contribution is -0.0972. The Kier molecular flexibility index (Phi) is 3.93. The summed E-state index contributed by atoms with van der Waals surface area (Å²) >= 11 is 0. The third-order valence-electron chi connectivity index (χ3n) is 2.85. The van der Waals surface area contributed by atoms with Crippen LogP contribution in [0, 0.1) is 0 Å². The van der Waals surface area contributed by atoms with Crippen molar-refractivity contribution in [1.82, 2.24) is 4.90 Å². The summed E-state index contributed by atoms with van der Waals surface area (Å²) in [5.41, 5.74) is 1.31. The SMILES string of the molecule is CC1CN(Cc2ccccc2)CC(CO)O1. The van der Waals surface area contributed by atoms with Crippen molar-refractivity contribution in [3.05, 3.63) is 35.9 Å². The number of nitrogens with zero attached hydrogens (tertiary/aromatic N) is 1. The van der Waals surface area contributed by atoms with E-state index in [1.807, 2.05) is 6.07 Å². The molecule has 0 saturated carbocycles. The highest BCUT2D eigenvalue weighted by atomic mass is 16.5. The third kappa shape index (κ3) is 3.04. The van der Waals surface area contributed by atoms with E-state index in [4.69, 9.17) is 9.84 Å². The molecule has 1 saturated heterocycles. The van der Waals surface area contributed by atoms with Crippen LogP contribution in [0.4, 0.5) is 0 Å². The summed E-state index contributed by atoms with van der Waals surface area (Å²) in [6.07, 6.45) is 0.169. The van der Waals surface area contributed by atoms with Crippen molar-refractivity contribution >= 4 is 0 Å². The molecule has 1 aliphatic heterocycles. The van der Waals surface area contributed by atoms with E-state index in [1.165, 1.54) is 5.56 Å². The van der Waals surface area contributed by atoms with Gasteiger partial charge in [-0.05, 0) is 12.5 Å².